The van der Waals surface area contributed by atoms with Crippen LogP contribution in [0, 0.1) is 6.92 Å². The Morgan fingerprint density at radius 1 is 1.60 bits per heavy atom. The molecule has 2 heterocycles. The minimum atomic E-state index is -0.613. The molecule has 78 valence electrons. The first-order chi connectivity index (χ1) is 7.08. The van der Waals surface area contributed by atoms with E-state index >= 15 is 0 Å². The number of rotatable bonds is 1. The molecule has 6 heteroatoms. The summed E-state index contributed by atoms with van der Waals surface area (Å²) in [4.78, 5) is 15.4. The number of nitrogen functional groups attached to an aromatic ring is 1. The normalized spacial score (nSPS) is 10.5. The lowest BCUT2D eigenvalue weighted by Gasteiger charge is -1.99. The topological polar surface area (TPSA) is 89.4 Å². The van der Waals surface area contributed by atoms with Gasteiger partial charge in [0.2, 0.25) is 0 Å². The third-order valence-corrected chi connectivity index (χ3v) is 2.51. The Morgan fingerprint density at radius 3 is 2.87 bits per heavy atom. The molecule has 2 aromatic rings. The zero-order chi connectivity index (χ0) is 11.0. The van der Waals surface area contributed by atoms with Gasteiger partial charge in [-0.25, -0.2) is 9.78 Å². The highest BCUT2D eigenvalue weighted by Crippen LogP contribution is 2.27. The van der Waals surface area contributed by atoms with Crippen LogP contribution >= 0.6 is 11.3 Å². The van der Waals surface area contributed by atoms with Gasteiger partial charge in [0.05, 0.1) is 5.69 Å². The molecule has 2 rings (SSSR count). The molecule has 5 nitrogen and oxygen atoms in total. The molecule has 2 aromatic heterocycles. The van der Waals surface area contributed by atoms with Crippen LogP contribution < -0.4 is 11.4 Å². The van der Waals surface area contributed by atoms with Crippen molar-refractivity contribution >= 4 is 16.5 Å². The lowest BCUT2D eigenvalue weighted by molar-refractivity contribution is 0.438. The summed E-state index contributed by atoms with van der Waals surface area (Å²) < 4.78 is 4.86. The van der Waals surface area contributed by atoms with Crippen LogP contribution in [0.4, 0.5) is 5.13 Å². The van der Waals surface area contributed by atoms with Crippen molar-refractivity contribution in [3.63, 3.8) is 0 Å². The van der Waals surface area contributed by atoms with Gasteiger partial charge in [-0.1, -0.05) is 0 Å². The first kappa shape index (κ1) is 9.72. The van der Waals surface area contributed by atoms with Crippen molar-refractivity contribution in [3.8, 4) is 17.0 Å². The van der Waals surface area contributed by atoms with Crippen molar-refractivity contribution in [2.24, 2.45) is 0 Å². The number of hydrogen-bond donors (Lipinski definition) is 2. The summed E-state index contributed by atoms with van der Waals surface area (Å²) in [6, 6.07) is 1.37. The monoisotopic (exact) mass is 224 g/mol. The highest BCUT2D eigenvalue weighted by atomic mass is 32.1. The number of hydrogen-bond acceptors (Lipinski definition) is 6. The maximum Gasteiger partial charge on any atom is 0.349 e. The molecule has 0 unspecified atom stereocenters. The van der Waals surface area contributed by atoms with Crippen molar-refractivity contribution in [1.82, 2.24) is 4.98 Å². The molecule has 0 saturated heterocycles. The summed E-state index contributed by atoms with van der Waals surface area (Å²) in [5.74, 6) is 0.207. The molecule has 0 bridgehead atoms. The van der Waals surface area contributed by atoms with E-state index in [-0.39, 0.29) is 11.3 Å². The number of anilines is 1. The van der Waals surface area contributed by atoms with Gasteiger partial charge in [0, 0.05) is 11.4 Å². The standard InChI is InChI=1S/C9H8N2O3S/c1-4-2-6(12)7(8(13)14-4)5-3-15-9(10)11-5/h2-3,12H,1H3,(H2,10,11). The quantitative estimate of drug-likeness (QED) is 0.763. The van der Waals surface area contributed by atoms with Crippen molar-refractivity contribution in [2.75, 3.05) is 5.73 Å². The van der Waals surface area contributed by atoms with Crippen LogP contribution in [0.1, 0.15) is 5.76 Å². The molecule has 15 heavy (non-hydrogen) atoms. The molecule has 0 radical (unpaired) electrons. The summed E-state index contributed by atoms with van der Waals surface area (Å²) in [7, 11) is 0. The third kappa shape index (κ3) is 1.71. The van der Waals surface area contributed by atoms with E-state index in [0.29, 0.717) is 16.6 Å². The molecule has 0 aliphatic rings. The summed E-state index contributed by atoms with van der Waals surface area (Å²) in [6.07, 6.45) is 0. The van der Waals surface area contributed by atoms with Gasteiger partial charge in [0.15, 0.2) is 5.13 Å². The number of aromatic nitrogens is 1. The van der Waals surface area contributed by atoms with Gasteiger partial charge in [0.25, 0.3) is 0 Å². The molecule has 0 spiro atoms. The number of nitrogens with two attached hydrogens (primary N) is 1. The fraction of sp³-hybridized carbons (Fsp3) is 0.111. The lowest BCUT2D eigenvalue weighted by atomic mass is 10.2. The summed E-state index contributed by atoms with van der Waals surface area (Å²) in [5, 5.41) is 11.5. The van der Waals surface area contributed by atoms with Crippen LogP contribution in [0.5, 0.6) is 5.75 Å². The number of thiazole rings is 1. The van der Waals surface area contributed by atoms with Crippen molar-refractivity contribution < 1.29 is 9.52 Å². The molecular weight excluding hydrogens is 216 g/mol. The summed E-state index contributed by atoms with van der Waals surface area (Å²) in [6.45, 7) is 1.58. The second kappa shape index (κ2) is 3.39. The third-order valence-electron chi connectivity index (χ3n) is 1.83. The maximum atomic E-state index is 11.5. The maximum absolute atomic E-state index is 11.5. The highest BCUT2D eigenvalue weighted by Gasteiger charge is 2.14. The number of nitrogens with zero attached hydrogens (tertiary/aromatic N) is 1. The summed E-state index contributed by atoms with van der Waals surface area (Å²) in [5.41, 5.74) is 5.21. The molecule has 3 N–H and O–H groups in total. The van der Waals surface area contributed by atoms with Crippen molar-refractivity contribution in [1.29, 1.82) is 0 Å². The Hall–Kier alpha value is -1.82. The van der Waals surface area contributed by atoms with E-state index in [9.17, 15) is 9.90 Å². The second-order valence-electron chi connectivity index (χ2n) is 2.98. The largest absolute Gasteiger partial charge is 0.507 e. The second-order valence-corrected chi connectivity index (χ2v) is 3.87. The van der Waals surface area contributed by atoms with Gasteiger partial charge in [0.1, 0.15) is 17.1 Å². The van der Waals surface area contributed by atoms with Crippen LogP contribution in [0.15, 0.2) is 20.7 Å². The van der Waals surface area contributed by atoms with E-state index in [4.69, 9.17) is 10.2 Å². The smallest absolute Gasteiger partial charge is 0.349 e. The van der Waals surface area contributed by atoms with Crippen molar-refractivity contribution in [3.05, 3.63) is 27.6 Å². The molecule has 0 aliphatic heterocycles. The van der Waals surface area contributed by atoms with E-state index in [2.05, 4.69) is 4.98 Å². The molecule has 0 amide bonds. The first-order valence-corrected chi connectivity index (χ1v) is 5.01. The van der Waals surface area contributed by atoms with Gasteiger partial charge in [-0.05, 0) is 6.92 Å². The van der Waals surface area contributed by atoms with E-state index < -0.39 is 5.63 Å². The van der Waals surface area contributed by atoms with Crippen molar-refractivity contribution in [2.45, 2.75) is 6.92 Å². The van der Waals surface area contributed by atoms with E-state index in [1.807, 2.05) is 0 Å². The Balaban J connectivity index is 2.68. The van der Waals surface area contributed by atoms with Crippen LogP contribution in [-0.4, -0.2) is 10.1 Å². The average Bonchev–Trinajstić information content (AvgIpc) is 2.49. The zero-order valence-corrected chi connectivity index (χ0v) is 8.67. The fourth-order valence-electron chi connectivity index (χ4n) is 1.23. The van der Waals surface area contributed by atoms with Gasteiger partial charge >= 0.3 is 5.63 Å². The predicted octanol–water partition coefficient (Wildman–Crippen LogP) is 1.36. The van der Waals surface area contributed by atoms with Gasteiger partial charge in [-0.3, -0.25) is 0 Å². The minimum absolute atomic E-state index is 0.0496. The Morgan fingerprint density at radius 2 is 2.33 bits per heavy atom. The molecule has 0 aliphatic carbocycles. The SMILES string of the molecule is Cc1cc(O)c(-c2csc(N)n2)c(=O)o1. The molecule has 0 saturated carbocycles. The molecular formula is C9H8N2O3S. The number of aryl methyl sites for hydroxylation is 1. The van der Waals surface area contributed by atoms with Gasteiger partial charge in [-0.2, -0.15) is 0 Å². The van der Waals surface area contributed by atoms with Crippen LogP contribution in [-0.2, 0) is 0 Å². The summed E-state index contributed by atoms with van der Waals surface area (Å²) >= 11 is 1.20. The fourth-order valence-corrected chi connectivity index (χ4v) is 1.79. The van der Waals surface area contributed by atoms with Crippen LogP contribution in [0.3, 0.4) is 0 Å². The minimum Gasteiger partial charge on any atom is -0.507 e. The van der Waals surface area contributed by atoms with E-state index in [0.717, 1.165) is 0 Å². The Labute approximate surface area is 88.8 Å². The Bertz CT molecular complexity index is 559. The van der Waals surface area contributed by atoms with Crippen LogP contribution in [0.2, 0.25) is 0 Å². The van der Waals surface area contributed by atoms with Crippen LogP contribution in [0.25, 0.3) is 11.3 Å². The lowest BCUT2D eigenvalue weighted by Crippen LogP contribution is -2.04. The zero-order valence-electron chi connectivity index (χ0n) is 7.85. The number of aromatic hydroxyl groups is 1. The van der Waals surface area contributed by atoms with Gasteiger partial charge < -0.3 is 15.3 Å². The average molecular weight is 224 g/mol. The van der Waals surface area contributed by atoms with Gasteiger partial charge in [-0.15, -0.1) is 11.3 Å². The molecule has 0 fully saturated rings. The van der Waals surface area contributed by atoms with E-state index in [1.165, 1.54) is 17.4 Å². The molecule has 0 atom stereocenters. The predicted molar refractivity (Wildman–Crippen MR) is 56.9 cm³/mol. The molecule has 0 aromatic carbocycles. The first-order valence-electron chi connectivity index (χ1n) is 4.13. The van der Waals surface area contributed by atoms with E-state index in [1.54, 1.807) is 12.3 Å². The Kier molecular flexibility index (Phi) is 2.20. The highest BCUT2D eigenvalue weighted by molar-refractivity contribution is 7.13.